The number of ether oxygens (including phenoxy) is 1. The normalized spacial score (nSPS) is 24.9. The van der Waals surface area contributed by atoms with Crippen molar-refractivity contribution >= 4 is 5.91 Å². The van der Waals surface area contributed by atoms with Crippen molar-refractivity contribution in [2.75, 3.05) is 33.3 Å². The van der Waals surface area contributed by atoms with E-state index in [0.717, 1.165) is 32.5 Å². The minimum absolute atomic E-state index is 0.0931. The smallest absolute Gasteiger partial charge is 0.224 e. The summed E-state index contributed by atoms with van der Waals surface area (Å²) in [5, 5.41) is 3.15. The molecule has 2 aliphatic rings. The first-order valence-electron chi connectivity index (χ1n) is 8.37. The van der Waals surface area contributed by atoms with Crippen molar-refractivity contribution in [1.82, 2.24) is 10.2 Å². The van der Waals surface area contributed by atoms with E-state index in [4.69, 9.17) is 10.5 Å². The van der Waals surface area contributed by atoms with Gasteiger partial charge in [0.1, 0.15) is 0 Å². The van der Waals surface area contributed by atoms with Crippen LogP contribution in [0.25, 0.3) is 0 Å². The average Bonchev–Trinajstić information content (AvgIpc) is 3.02. The Morgan fingerprint density at radius 2 is 2.00 bits per heavy atom. The van der Waals surface area contributed by atoms with E-state index in [9.17, 15) is 4.79 Å². The van der Waals surface area contributed by atoms with Gasteiger partial charge in [-0.2, -0.15) is 0 Å². The number of methoxy groups -OCH3 is 1. The van der Waals surface area contributed by atoms with E-state index in [2.05, 4.69) is 10.2 Å². The number of likely N-dealkylation sites (tertiary alicyclic amines) is 1. The molecule has 1 heterocycles. The zero-order valence-corrected chi connectivity index (χ0v) is 13.6. The first-order chi connectivity index (χ1) is 10.1. The second-order valence-electron chi connectivity index (χ2n) is 6.71. The van der Waals surface area contributed by atoms with Crippen molar-refractivity contribution in [3.8, 4) is 0 Å². The third-order valence-electron chi connectivity index (χ3n) is 5.37. The summed E-state index contributed by atoms with van der Waals surface area (Å²) in [6.07, 6.45) is 7.55. The maximum Gasteiger partial charge on any atom is 0.224 e. The predicted octanol–water partition coefficient (Wildman–Crippen LogP) is 1.12. The van der Waals surface area contributed by atoms with Crippen LogP contribution in [0.3, 0.4) is 0 Å². The van der Waals surface area contributed by atoms with Gasteiger partial charge < -0.3 is 15.8 Å². The van der Waals surface area contributed by atoms with Crippen LogP contribution in [-0.4, -0.2) is 55.7 Å². The fourth-order valence-electron chi connectivity index (χ4n) is 3.74. The lowest BCUT2D eigenvalue weighted by Crippen LogP contribution is -2.57. The highest BCUT2D eigenvalue weighted by atomic mass is 16.5. The summed E-state index contributed by atoms with van der Waals surface area (Å²) in [5.41, 5.74) is 5.75. The monoisotopic (exact) mass is 297 g/mol. The maximum absolute atomic E-state index is 12.0. The molecule has 1 saturated heterocycles. The highest BCUT2D eigenvalue weighted by Crippen LogP contribution is 2.36. The summed E-state index contributed by atoms with van der Waals surface area (Å²) in [6, 6.07) is 0. The molecular weight excluding hydrogens is 266 g/mol. The number of rotatable bonds is 6. The quantitative estimate of drug-likeness (QED) is 0.771. The first kappa shape index (κ1) is 16.7. The molecule has 2 fully saturated rings. The molecule has 3 N–H and O–H groups in total. The molecule has 2 rings (SSSR count). The molecule has 0 aromatic carbocycles. The van der Waals surface area contributed by atoms with Gasteiger partial charge in [0.25, 0.3) is 0 Å². The van der Waals surface area contributed by atoms with Crippen LogP contribution in [0.4, 0.5) is 0 Å². The van der Waals surface area contributed by atoms with Crippen molar-refractivity contribution in [3.05, 3.63) is 0 Å². The van der Waals surface area contributed by atoms with Gasteiger partial charge in [-0.05, 0) is 25.7 Å². The molecule has 0 aromatic rings. The minimum Gasteiger partial charge on any atom is -0.381 e. The molecule has 21 heavy (non-hydrogen) atoms. The molecule has 5 nitrogen and oxygen atoms in total. The van der Waals surface area contributed by atoms with E-state index in [0.29, 0.717) is 12.6 Å². The van der Waals surface area contributed by atoms with E-state index in [1.54, 1.807) is 7.11 Å². The number of piperidine rings is 1. The van der Waals surface area contributed by atoms with Gasteiger partial charge in [0.2, 0.25) is 5.91 Å². The second-order valence-corrected chi connectivity index (χ2v) is 6.71. The van der Waals surface area contributed by atoms with Gasteiger partial charge in [-0.3, -0.25) is 9.69 Å². The Kier molecular flexibility index (Phi) is 6.02. The summed E-state index contributed by atoms with van der Waals surface area (Å²) < 4.78 is 5.47. The van der Waals surface area contributed by atoms with Crippen LogP contribution in [0.2, 0.25) is 0 Å². The lowest BCUT2D eigenvalue weighted by molar-refractivity contribution is -0.125. The lowest BCUT2D eigenvalue weighted by Gasteiger charge is -2.45. The van der Waals surface area contributed by atoms with Gasteiger partial charge >= 0.3 is 0 Å². The Hall–Kier alpha value is -0.650. The van der Waals surface area contributed by atoms with Crippen molar-refractivity contribution in [2.24, 2.45) is 11.7 Å². The SMILES string of the molecule is COC1CCN(C2(CNC(=O)C(C)CN)CCCC2)CC1. The zero-order valence-electron chi connectivity index (χ0n) is 13.6. The highest BCUT2D eigenvalue weighted by Gasteiger charge is 2.41. The third kappa shape index (κ3) is 3.96. The molecule has 0 bridgehead atoms. The fraction of sp³-hybridized carbons (Fsp3) is 0.938. The van der Waals surface area contributed by atoms with Gasteiger partial charge in [0.05, 0.1) is 6.10 Å². The summed E-state index contributed by atoms with van der Waals surface area (Å²) in [6.45, 7) is 5.24. The predicted molar refractivity (Wildman–Crippen MR) is 84.0 cm³/mol. The van der Waals surface area contributed by atoms with E-state index in [-0.39, 0.29) is 17.4 Å². The number of carbonyl (C=O) groups is 1. The Balaban J connectivity index is 1.92. The molecule has 5 heteroatoms. The topological polar surface area (TPSA) is 67.6 Å². The number of carbonyl (C=O) groups excluding carboxylic acids is 1. The molecule has 1 aliphatic heterocycles. The van der Waals surface area contributed by atoms with Crippen LogP contribution in [0.15, 0.2) is 0 Å². The molecule has 0 spiro atoms. The molecule has 1 aliphatic carbocycles. The molecular formula is C16H31N3O2. The summed E-state index contributed by atoms with van der Waals surface area (Å²) >= 11 is 0. The Bertz CT molecular complexity index is 334. The van der Waals surface area contributed by atoms with E-state index >= 15 is 0 Å². The van der Waals surface area contributed by atoms with Crippen LogP contribution in [0, 0.1) is 5.92 Å². The number of nitrogens with one attached hydrogen (secondary N) is 1. The van der Waals surface area contributed by atoms with Crippen molar-refractivity contribution in [3.63, 3.8) is 0 Å². The molecule has 122 valence electrons. The minimum atomic E-state index is -0.0947. The Morgan fingerprint density at radius 1 is 1.38 bits per heavy atom. The molecule has 1 saturated carbocycles. The zero-order chi connectivity index (χ0) is 15.3. The number of nitrogens with zero attached hydrogens (tertiary/aromatic N) is 1. The molecule has 1 amide bonds. The first-order valence-corrected chi connectivity index (χ1v) is 8.37. The summed E-state index contributed by atoms with van der Waals surface area (Å²) in [7, 11) is 1.81. The van der Waals surface area contributed by atoms with Crippen LogP contribution in [0.5, 0.6) is 0 Å². The number of hydrogen-bond donors (Lipinski definition) is 2. The van der Waals surface area contributed by atoms with E-state index < -0.39 is 0 Å². The van der Waals surface area contributed by atoms with Crippen molar-refractivity contribution in [1.29, 1.82) is 0 Å². The van der Waals surface area contributed by atoms with Crippen molar-refractivity contribution in [2.45, 2.75) is 57.1 Å². The number of nitrogens with two attached hydrogens (primary N) is 1. The molecule has 1 atom stereocenters. The summed E-state index contributed by atoms with van der Waals surface area (Å²) in [4.78, 5) is 14.6. The Morgan fingerprint density at radius 3 is 2.52 bits per heavy atom. The van der Waals surface area contributed by atoms with Crippen LogP contribution in [-0.2, 0) is 9.53 Å². The third-order valence-corrected chi connectivity index (χ3v) is 5.37. The average molecular weight is 297 g/mol. The number of hydrogen-bond acceptors (Lipinski definition) is 4. The Labute approximate surface area is 128 Å². The lowest BCUT2D eigenvalue weighted by atomic mass is 9.91. The van der Waals surface area contributed by atoms with Gasteiger partial charge in [-0.15, -0.1) is 0 Å². The summed E-state index contributed by atoms with van der Waals surface area (Å²) in [5.74, 6) is -0.00164. The molecule has 1 unspecified atom stereocenters. The number of amides is 1. The highest BCUT2D eigenvalue weighted by molar-refractivity contribution is 5.78. The molecule has 0 aromatic heterocycles. The van der Waals surface area contributed by atoms with Gasteiger partial charge in [0, 0.05) is 44.7 Å². The fourth-order valence-corrected chi connectivity index (χ4v) is 3.74. The van der Waals surface area contributed by atoms with Gasteiger partial charge in [-0.25, -0.2) is 0 Å². The van der Waals surface area contributed by atoms with Crippen molar-refractivity contribution < 1.29 is 9.53 Å². The van der Waals surface area contributed by atoms with E-state index in [1.165, 1.54) is 25.7 Å². The van der Waals surface area contributed by atoms with Gasteiger partial charge in [-0.1, -0.05) is 19.8 Å². The second kappa shape index (κ2) is 7.56. The van der Waals surface area contributed by atoms with Crippen LogP contribution >= 0.6 is 0 Å². The van der Waals surface area contributed by atoms with Gasteiger partial charge in [0.15, 0.2) is 0 Å². The van der Waals surface area contributed by atoms with Crippen LogP contribution in [0.1, 0.15) is 45.4 Å². The maximum atomic E-state index is 12.0. The molecule has 0 radical (unpaired) electrons. The van der Waals surface area contributed by atoms with Crippen LogP contribution < -0.4 is 11.1 Å². The van der Waals surface area contributed by atoms with E-state index in [1.807, 2.05) is 6.92 Å². The largest absolute Gasteiger partial charge is 0.381 e. The standard InChI is InChI=1S/C16H31N3O2/c1-13(11-17)15(20)18-12-16(7-3-4-8-16)19-9-5-14(21-2)6-10-19/h13-14H,3-12,17H2,1-2H3,(H,18,20).